The van der Waals surface area contributed by atoms with E-state index in [0.717, 1.165) is 61.7 Å². The van der Waals surface area contributed by atoms with Gasteiger partial charge < -0.3 is 4.42 Å². The standard InChI is InChI=1S/C19H23N5O/c1-2-17-5-6-18(25-17)13-23-10-7-16(8-11-23)24-14-19(21-22-24)15-4-3-9-20-12-15/h3-6,9,12,14,16H,2,7-8,10-11,13H2,1H3. The summed E-state index contributed by atoms with van der Waals surface area (Å²) in [7, 11) is 0. The van der Waals surface area contributed by atoms with Crippen molar-refractivity contribution in [3.05, 3.63) is 54.4 Å². The number of pyridine rings is 1. The molecule has 1 aliphatic heterocycles. The van der Waals surface area contributed by atoms with Gasteiger partial charge in [-0.05, 0) is 37.1 Å². The molecular weight excluding hydrogens is 314 g/mol. The van der Waals surface area contributed by atoms with Gasteiger partial charge in [-0.1, -0.05) is 12.1 Å². The van der Waals surface area contributed by atoms with Crippen LogP contribution in [0.3, 0.4) is 0 Å². The molecule has 6 nitrogen and oxygen atoms in total. The zero-order chi connectivity index (χ0) is 17.1. The summed E-state index contributed by atoms with van der Waals surface area (Å²) in [6.07, 6.45) is 8.75. The number of furan rings is 1. The minimum absolute atomic E-state index is 0.414. The smallest absolute Gasteiger partial charge is 0.118 e. The number of nitrogens with zero attached hydrogens (tertiary/aromatic N) is 5. The van der Waals surface area contributed by atoms with Gasteiger partial charge in [0, 0.05) is 37.5 Å². The highest BCUT2D eigenvalue weighted by Gasteiger charge is 2.22. The summed E-state index contributed by atoms with van der Waals surface area (Å²) in [5.41, 5.74) is 1.90. The van der Waals surface area contributed by atoms with E-state index in [2.05, 4.69) is 39.3 Å². The predicted octanol–water partition coefficient (Wildman–Crippen LogP) is 3.33. The third-order valence-electron chi connectivity index (χ3n) is 4.84. The van der Waals surface area contributed by atoms with Crippen LogP contribution in [-0.4, -0.2) is 38.0 Å². The van der Waals surface area contributed by atoms with Gasteiger partial charge in [-0.3, -0.25) is 9.88 Å². The number of likely N-dealkylation sites (tertiary alicyclic amines) is 1. The van der Waals surface area contributed by atoms with Crippen LogP contribution < -0.4 is 0 Å². The number of piperidine rings is 1. The highest BCUT2D eigenvalue weighted by molar-refractivity contribution is 5.55. The summed E-state index contributed by atoms with van der Waals surface area (Å²) in [5.74, 6) is 2.13. The summed E-state index contributed by atoms with van der Waals surface area (Å²) >= 11 is 0. The molecule has 130 valence electrons. The Morgan fingerprint density at radius 2 is 2.00 bits per heavy atom. The van der Waals surface area contributed by atoms with Crippen LogP contribution in [0.4, 0.5) is 0 Å². The Labute approximate surface area is 147 Å². The molecule has 25 heavy (non-hydrogen) atoms. The summed E-state index contributed by atoms with van der Waals surface area (Å²) < 4.78 is 7.84. The number of aryl methyl sites for hydroxylation is 1. The van der Waals surface area contributed by atoms with Crippen LogP contribution in [0.1, 0.15) is 37.3 Å². The predicted molar refractivity (Wildman–Crippen MR) is 94.9 cm³/mol. The lowest BCUT2D eigenvalue weighted by Crippen LogP contribution is -2.34. The minimum Gasteiger partial charge on any atom is -0.465 e. The van der Waals surface area contributed by atoms with Crippen molar-refractivity contribution >= 4 is 0 Å². The van der Waals surface area contributed by atoms with Crippen LogP contribution >= 0.6 is 0 Å². The Morgan fingerprint density at radius 1 is 1.16 bits per heavy atom. The molecule has 0 bridgehead atoms. The molecule has 0 unspecified atom stereocenters. The van der Waals surface area contributed by atoms with Crippen LogP contribution in [0.15, 0.2) is 47.3 Å². The van der Waals surface area contributed by atoms with Crippen molar-refractivity contribution in [2.75, 3.05) is 13.1 Å². The third-order valence-corrected chi connectivity index (χ3v) is 4.84. The van der Waals surface area contributed by atoms with Crippen LogP contribution in [-0.2, 0) is 13.0 Å². The third kappa shape index (κ3) is 3.64. The van der Waals surface area contributed by atoms with E-state index in [1.165, 1.54) is 0 Å². The Hall–Kier alpha value is -2.47. The molecule has 0 atom stereocenters. The maximum atomic E-state index is 5.82. The van der Waals surface area contributed by atoms with Crippen molar-refractivity contribution in [2.45, 2.75) is 38.8 Å². The monoisotopic (exact) mass is 337 g/mol. The Bertz CT molecular complexity index is 802. The van der Waals surface area contributed by atoms with E-state index in [9.17, 15) is 0 Å². The first-order valence-electron chi connectivity index (χ1n) is 8.94. The molecule has 1 saturated heterocycles. The molecule has 0 saturated carbocycles. The van der Waals surface area contributed by atoms with Crippen molar-refractivity contribution < 1.29 is 4.42 Å². The van der Waals surface area contributed by atoms with Gasteiger partial charge in [-0.25, -0.2) is 4.68 Å². The van der Waals surface area contributed by atoms with Gasteiger partial charge >= 0.3 is 0 Å². The lowest BCUT2D eigenvalue weighted by Gasteiger charge is -2.31. The van der Waals surface area contributed by atoms with Crippen LogP contribution in [0.2, 0.25) is 0 Å². The van der Waals surface area contributed by atoms with Gasteiger partial charge in [-0.2, -0.15) is 0 Å². The molecule has 0 N–H and O–H groups in total. The van der Waals surface area contributed by atoms with Crippen LogP contribution in [0, 0.1) is 0 Å². The fraction of sp³-hybridized carbons (Fsp3) is 0.421. The van der Waals surface area contributed by atoms with E-state index in [-0.39, 0.29) is 0 Å². The first-order chi connectivity index (χ1) is 12.3. The van der Waals surface area contributed by atoms with Gasteiger partial charge in [0.05, 0.1) is 18.8 Å². The summed E-state index contributed by atoms with van der Waals surface area (Å²) in [6.45, 7) is 5.11. The fourth-order valence-corrected chi connectivity index (χ4v) is 3.36. The zero-order valence-electron chi connectivity index (χ0n) is 14.5. The molecule has 4 heterocycles. The van der Waals surface area contributed by atoms with Gasteiger partial charge in [0.25, 0.3) is 0 Å². The molecule has 0 aliphatic carbocycles. The molecule has 0 amide bonds. The fourth-order valence-electron chi connectivity index (χ4n) is 3.36. The first-order valence-corrected chi connectivity index (χ1v) is 8.94. The topological polar surface area (TPSA) is 60.0 Å². The normalized spacial score (nSPS) is 16.4. The van der Waals surface area contributed by atoms with Crippen molar-refractivity contribution in [3.63, 3.8) is 0 Å². The van der Waals surface area contributed by atoms with E-state index >= 15 is 0 Å². The van der Waals surface area contributed by atoms with Gasteiger partial charge in [-0.15, -0.1) is 5.10 Å². The first kappa shape index (κ1) is 16.0. The number of hydrogen-bond donors (Lipinski definition) is 0. The molecule has 0 spiro atoms. The molecule has 1 aliphatic rings. The number of rotatable bonds is 5. The highest BCUT2D eigenvalue weighted by Crippen LogP contribution is 2.25. The molecule has 1 fully saturated rings. The average Bonchev–Trinajstić information content (AvgIpc) is 3.33. The molecule has 6 heteroatoms. The van der Waals surface area contributed by atoms with Gasteiger partial charge in [0.15, 0.2) is 0 Å². The summed E-state index contributed by atoms with van der Waals surface area (Å²) in [6, 6.07) is 8.53. The Morgan fingerprint density at radius 3 is 2.72 bits per heavy atom. The molecule has 0 aromatic carbocycles. The second kappa shape index (κ2) is 7.19. The molecule has 4 rings (SSSR count). The summed E-state index contributed by atoms with van der Waals surface area (Å²) in [5, 5.41) is 8.65. The average molecular weight is 337 g/mol. The SMILES string of the molecule is CCc1ccc(CN2CCC(n3cc(-c4cccnc4)nn3)CC2)o1. The van der Waals surface area contributed by atoms with E-state index in [1.54, 1.807) is 6.20 Å². The number of hydrogen-bond acceptors (Lipinski definition) is 5. The Balaban J connectivity index is 1.35. The van der Waals surface area contributed by atoms with Crippen molar-refractivity contribution in [3.8, 4) is 11.3 Å². The van der Waals surface area contributed by atoms with E-state index < -0.39 is 0 Å². The van der Waals surface area contributed by atoms with E-state index in [4.69, 9.17) is 4.42 Å². The van der Waals surface area contributed by atoms with E-state index in [1.807, 2.05) is 29.2 Å². The lowest BCUT2D eigenvalue weighted by atomic mass is 10.1. The van der Waals surface area contributed by atoms with Crippen LogP contribution in [0.25, 0.3) is 11.3 Å². The van der Waals surface area contributed by atoms with Gasteiger partial charge in [0.1, 0.15) is 17.2 Å². The zero-order valence-corrected chi connectivity index (χ0v) is 14.5. The largest absolute Gasteiger partial charge is 0.465 e. The van der Waals surface area contributed by atoms with Gasteiger partial charge in [0.2, 0.25) is 0 Å². The lowest BCUT2D eigenvalue weighted by molar-refractivity contribution is 0.161. The van der Waals surface area contributed by atoms with Crippen molar-refractivity contribution in [1.82, 2.24) is 24.9 Å². The Kier molecular flexibility index (Phi) is 4.61. The molecular formula is C19H23N5O. The minimum atomic E-state index is 0.414. The second-order valence-corrected chi connectivity index (χ2v) is 6.55. The maximum Gasteiger partial charge on any atom is 0.118 e. The second-order valence-electron chi connectivity index (χ2n) is 6.55. The summed E-state index contributed by atoms with van der Waals surface area (Å²) in [4.78, 5) is 6.60. The molecule has 3 aromatic heterocycles. The van der Waals surface area contributed by atoms with E-state index in [0.29, 0.717) is 6.04 Å². The highest BCUT2D eigenvalue weighted by atomic mass is 16.3. The molecule has 3 aromatic rings. The van der Waals surface area contributed by atoms with Crippen LogP contribution in [0.5, 0.6) is 0 Å². The van der Waals surface area contributed by atoms with Crippen molar-refractivity contribution in [1.29, 1.82) is 0 Å². The van der Waals surface area contributed by atoms with Crippen molar-refractivity contribution in [2.24, 2.45) is 0 Å². The quantitative estimate of drug-likeness (QED) is 0.715. The number of aromatic nitrogens is 4. The molecule has 0 radical (unpaired) electrons. The maximum absolute atomic E-state index is 5.82.